The molecular formula is C21H26N4O3S. The summed E-state index contributed by atoms with van der Waals surface area (Å²) in [6.45, 7) is 7.21. The van der Waals surface area contributed by atoms with Crippen LogP contribution in [0.3, 0.4) is 0 Å². The summed E-state index contributed by atoms with van der Waals surface area (Å²) < 4.78 is 12.6. The minimum absolute atomic E-state index is 0.0696. The molecule has 0 aliphatic rings. The minimum atomic E-state index is -0.0696. The Balaban J connectivity index is 1.73. The van der Waals surface area contributed by atoms with E-state index < -0.39 is 0 Å². The molecule has 0 bridgehead atoms. The van der Waals surface area contributed by atoms with Crippen molar-refractivity contribution in [3.63, 3.8) is 0 Å². The highest BCUT2D eigenvalue weighted by Crippen LogP contribution is 2.28. The minimum Gasteiger partial charge on any atom is -0.469 e. The summed E-state index contributed by atoms with van der Waals surface area (Å²) >= 11 is 1.37. The second-order valence-electron chi connectivity index (χ2n) is 6.80. The van der Waals surface area contributed by atoms with Crippen LogP contribution in [-0.4, -0.2) is 40.1 Å². The lowest BCUT2D eigenvalue weighted by Crippen LogP contribution is -2.16. The Morgan fingerprint density at radius 2 is 1.97 bits per heavy atom. The first-order valence-corrected chi connectivity index (χ1v) is 10.4. The van der Waals surface area contributed by atoms with E-state index in [0.29, 0.717) is 18.3 Å². The maximum atomic E-state index is 12.5. The van der Waals surface area contributed by atoms with Crippen LogP contribution in [0.4, 0.5) is 5.69 Å². The number of furan rings is 1. The summed E-state index contributed by atoms with van der Waals surface area (Å²) in [5.74, 6) is 1.71. The van der Waals surface area contributed by atoms with Gasteiger partial charge < -0.3 is 19.0 Å². The first kappa shape index (κ1) is 21.1. The monoisotopic (exact) mass is 414 g/mol. The summed E-state index contributed by atoms with van der Waals surface area (Å²) in [6, 6.07) is 7.84. The van der Waals surface area contributed by atoms with Crippen LogP contribution in [0.15, 0.2) is 40.1 Å². The number of aromatic nitrogens is 3. The van der Waals surface area contributed by atoms with Crippen LogP contribution in [0, 0.1) is 20.8 Å². The number of hydrogen-bond acceptors (Lipinski definition) is 6. The first-order chi connectivity index (χ1) is 14.0. The fourth-order valence-electron chi connectivity index (χ4n) is 3.10. The molecule has 0 fully saturated rings. The predicted octanol–water partition coefficient (Wildman–Crippen LogP) is 4.23. The molecule has 0 aliphatic heterocycles. The highest BCUT2D eigenvalue weighted by atomic mass is 32.2. The molecule has 0 saturated heterocycles. The number of nitrogens with one attached hydrogen (secondary N) is 1. The molecule has 8 heteroatoms. The van der Waals surface area contributed by atoms with Gasteiger partial charge in [-0.25, -0.2) is 0 Å². The maximum Gasteiger partial charge on any atom is 0.234 e. The van der Waals surface area contributed by atoms with E-state index in [2.05, 4.69) is 15.5 Å². The Hall–Kier alpha value is -2.58. The Labute approximate surface area is 174 Å². The second kappa shape index (κ2) is 9.76. The van der Waals surface area contributed by atoms with Gasteiger partial charge in [0.1, 0.15) is 5.76 Å². The first-order valence-electron chi connectivity index (χ1n) is 9.46. The maximum absolute atomic E-state index is 12.5. The van der Waals surface area contributed by atoms with Gasteiger partial charge in [0.25, 0.3) is 0 Å². The van der Waals surface area contributed by atoms with Crippen LogP contribution in [0.1, 0.15) is 23.3 Å². The number of benzene rings is 1. The van der Waals surface area contributed by atoms with Gasteiger partial charge in [0.05, 0.1) is 17.6 Å². The highest BCUT2D eigenvalue weighted by molar-refractivity contribution is 7.99. The third-order valence-corrected chi connectivity index (χ3v) is 5.59. The number of methoxy groups -OCH3 is 1. The van der Waals surface area contributed by atoms with Crippen molar-refractivity contribution in [1.29, 1.82) is 0 Å². The topological polar surface area (TPSA) is 82.2 Å². The van der Waals surface area contributed by atoms with Gasteiger partial charge in [-0.15, -0.1) is 10.2 Å². The summed E-state index contributed by atoms with van der Waals surface area (Å²) in [5, 5.41) is 12.4. The van der Waals surface area contributed by atoms with E-state index in [4.69, 9.17) is 9.15 Å². The van der Waals surface area contributed by atoms with E-state index in [9.17, 15) is 4.79 Å². The summed E-state index contributed by atoms with van der Waals surface area (Å²) in [7, 11) is 1.68. The molecule has 0 atom stereocenters. The number of rotatable bonds is 9. The van der Waals surface area contributed by atoms with Crippen molar-refractivity contribution < 1.29 is 13.9 Å². The zero-order valence-corrected chi connectivity index (χ0v) is 18.0. The van der Waals surface area contributed by atoms with E-state index in [1.165, 1.54) is 11.8 Å². The lowest BCUT2D eigenvalue weighted by atomic mass is 10.1. The second-order valence-corrected chi connectivity index (χ2v) is 7.74. The standard InChI is InChI=1S/C21H26N4O3S/c1-14-7-5-8-15(2)19(14)22-18(26)13-29-21-24-23-20(17-9-12-28-16(17)3)25(21)10-6-11-27-4/h5,7-9,12H,6,10-11,13H2,1-4H3,(H,22,26). The van der Waals surface area contributed by atoms with Crippen molar-refractivity contribution in [1.82, 2.24) is 14.8 Å². The summed E-state index contributed by atoms with van der Waals surface area (Å²) in [5.41, 5.74) is 3.86. The van der Waals surface area contributed by atoms with Gasteiger partial charge >= 0.3 is 0 Å². The average molecular weight is 415 g/mol. The average Bonchev–Trinajstić information content (AvgIpc) is 3.29. The Kier molecular flexibility index (Phi) is 7.11. The Morgan fingerprint density at radius 3 is 2.62 bits per heavy atom. The number of nitrogens with zero attached hydrogens (tertiary/aromatic N) is 3. The molecule has 1 amide bonds. The molecule has 1 aromatic carbocycles. The van der Waals surface area contributed by atoms with Gasteiger partial charge in [-0.05, 0) is 44.4 Å². The van der Waals surface area contributed by atoms with Gasteiger partial charge in [0.2, 0.25) is 5.91 Å². The van der Waals surface area contributed by atoms with Gasteiger partial charge in [-0.1, -0.05) is 30.0 Å². The molecule has 0 radical (unpaired) electrons. The highest BCUT2D eigenvalue weighted by Gasteiger charge is 2.18. The lowest BCUT2D eigenvalue weighted by Gasteiger charge is -2.12. The molecule has 2 aromatic heterocycles. The predicted molar refractivity (Wildman–Crippen MR) is 114 cm³/mol. The van der Waals surface area contributed by atoms with Crippen LogP contribution >= 0.6 is 11.8 Å². The van der Waals surface area contributed by atoms with Crippen LogP contribution in [-0.2, 0) is 16.1 Å². The largest absolute Gasteiger partial charge is 0.469 e. The summed E-state index contributed by atoms with van der Waals surface area (Å²) in [4.78, 5) is 12.5. The van der Waals surface area contributed by atoms with Crippen LogP contribution in [0.2, 0.25) is 0 Å². The quantitative estimate of drug-likeness (QED) is 0.417. The number of aryl methyl sites for hydroxylation is 3. The van der Waals surface area contributed by atoms with Gasteiger partial charge in [-0.3, -0.25) is 4.79 Å². The van der Waals surface area contributed by atoms with E-state index in [1.54, 1.807) is 13.4 Å². The van der Waals surface area contributed by atoms with E-state index in [1.807, 2.05) is 49.6 Å². The molecule has 0 spiro atoms. The van der Waals surface area contributed by atoms with Crippen LogP contribution in [0.25, 0.3) is 11.4 Å². The molecule has 29 heavy (non-hydrogen) atoms. The smallest absolute Gasteiger partial charge is 0.234 e. The fraction of sp³-hybridized carbons (Fsp3) is 0.381. The molecule has 0 unspecified atom stereocenters. The summed E-state index contributed by atoms with van der Waals surface area (Å²) in [6.07, 6.45) is 2.46. The normalized spacial score (nSPS) is 11.0. The third kappa shape index (κ3) is 5.07. The lowest BCUT2D eigenvalue weighted by molar-refractivity contribution is -0.113. The number of carbonyl (C=O) groups excluding carboxylic acids is 1. The number of carbonyl (C=O) groups is 1. The van der Waals surface area contributed by atoms with Crippen LogP contribution in [0.5, 0.6) is 0 Å². The molecule has 2 heterocycles. The number of para-hydroxylation sites is 1. The van der Waals surface area contributed by atoms with E-state index in [0.717, 1.165) is 40.4 Å². The van der Waals surface area contributed by atoms with Crippen molar-refractivity contribution in [2.45, 2.75) is 38.9 Å². The molecule has 3 rings (SSSR count). The SMILES string of the molecule is COCCCn1c(SCC(=O)Nc2c(C)cccc2C)nnc1-c1ccoc1C. The molecule has 0 saturated carbocycles. The number of amides is 1. The zero-order valence-electron chi connectivity index (χ0n) is 17.2. The van der Waals surface area contributed by atoms with Gasteiger partial charge in [0, 0.05) is 25.9 Å². The van der Waals surface area contributed by atoms with Crippen molar-refractivity contribution in [2.75, 3.05) is 24.8 Å². The fourth-order valence-corrected chi connectivity index (χ4v) is 3.86. The molecule has 3 aromatic rings. The van der Waals surface area contributed by atoms with Crippen molar-refractivity contribution in [3.05, 3.63) is 47.4 Å². The third-order valence-electron chi connectivity index (χ3n) is 4.62. The van der Waals surface area contributed by atoms with Gasteiger partial charge in [0.15, 0.2) is 11.0 Å². The van der Waals surface area contributed by atoms with E-state index in [-0.39, 0.29) is 11.7 Å². The van der Waals surface area contributed by atoms with Crippen molar-refractivity contribution >= 4 is 23.4 Å². The van der Waals surface area contributed by atoms with E-state index >= 15 is 0 Å². The molecule has 154 valence electrons. The number of thioether (sulfide) groups is 1. The molecule has 1 N–H and O–H groups in total. The van der Waals surface area contributed by atoms with Crippen LogP contribution < -0.4 is 5.32 Å². The van der Waals surface area contributed by atoms with Gasteiger partial charge in [-0.2, -0.15) is 0 Å². The molecular weight excluding hydrogens is 388 g/mol. The van der Waals surface area contributed by atoms with Crippen molar-refractivity contribution in [2.24, 2.45) is 0 Å². The number of anilines is 1. The Bertz CT molecular complexity index is 960. The Morgan fingerprint density at radius 1 is 1.21 bits per heavy atom. The van der Waals surface area contributed by atoms with Crippen molar-refractivity contribution in [3.8, 4) is 11.4 Å². The molecule has 0 aliphatic carbocycles. The molecule has 7 nitrogen and oxygen atoms in total. The number of hydrogen-bond donors (Lipinski definition) is 1. The number of ether oxygens (including phenoxy) is 1. The zero-order chi connectivity index (χ0) is 20.8.